The van der Waals surface area contributed by atoms with E-state index in [2.05, 4.69) is 39.5 Å². The molecule has 1 aromatic heterocycles. The highest BCUT2D eigenvalue weighted by Gasteiger charge is 2.30. The second kappa shape index (κ2) is 7.61. The molecule has 1 N–H and O–H groups in total. The van der Waals surface area contributed by atoms with Crippen molar-refractivity contribution in [2.24, 2.45) is 0 Å². The number of hydrogen-bond donors (Lipinski definition) is 1. The second-order valence-corrected chi connectivity index (χ2v) is 6.65. The smallest absolute Gasteiger partial charge is 0.317 e. The van der Waals surface area contributed by atoms with Crippen LogP contribution < -0.4 is 5.32 Å². The van der Waals surface area contributed by atoms with Crippen molar-refractivity contribution in [3.05, 3.63) is 59.7 Å². The Kier molecular flexibility index (Phi) is 5.28. The van der Waals surface area contributed by atoms with Gasteiger partial charge in [0.25, 0.3) is 0 Å². The summed E-state index contributed by atoms with van der Waals surface area (Å²) in [5, 5.41) is 2.74. The first-order valence-electron chi connectivity index (χ1n) is 8.44. The second-order valence-electron chi connectivity index (χ2n) is 6.65. The Morgan fingerprint density at radius 3 is 2.76 bits per heavy atom. The monoisotopic (exact) mass is 342 g/mol. The molecule has 0 spiro atoms. The molecule has 2 heterocycles. The van der Waals surface area contributed by atoms with Crippen molar-refractivity contribution in [1.29, 1.82) is 0 Å². The molecule has 1 aliphatic rings. The molecule has 1 saturated heterocycles. The zero-order valence-electron chi connectivity index (χ0n) is 14.6. The number of hydrogen-bond acceptors (Lipinski definition) is 3. The van der Waals surface area contributed by atoms with Gasteiger partial charge in [0.1, 0.15) is 5.82 Å². The summed E-state index contributed by atoms with van der Waals surface area (Å²) in [5.41, 5.74) is 2.75. The van der Waals surface area contributed by atoms with E-state index in [9.17, 15) is 9.18 Å². The number of likely N-dealkylation sites (tertiary alicyclic amines) is 1. The third-order valence-corrected chi connectivity index (χ3v) is 4.33. The van der Waals surface area contributed by atoms with Gasteiger partial charge >= 0.3 is 6.03 Å². The summed E-state index contributed by atoms with van der Waals surface area (Å²) in [7, 11) is 4.08. The summed E-state index contributed by atoms with van der Waals surface area (Å²) in [6, 6.07) is 9.52. The fraction of sp³-hybridized carbons (Fsp3) is 0.368. The number of amides is 2. The molecule has 1 atom stereocenters. The molecule has 0 bridgehead atoms. The van der Waals surface area contributed by atoms with Crippen molar-refractivity contribution in [2.45, 2.75) is 25.4 Å². The molecule has 5 nitrogen and oxygen atoms in total. The maximum Gasteiger partial charge on any atom is 0.322 e. The van der Waals surface area contributed by atoms with E-state index in [0.717, 1.165) is 31.1 Å². The molecule has 1 fully saturated rings. The number of carbonyl (C=O) groups is 1. The van der Waals surface area contributed by atoms with E-state index in [1.54, 1.807) is 0 Å². The van der Waals surface area contributed by atoms with Crippen LogP contribution in [0.4, 0.5) is 14.9 Å². The van der Waals surface area contributed by atoms with E-state index in [1.807, 2.05) is 19.0 Å². The van der Waals surface area contributed by atoms with Gasteiger partial charge in [-0.05, 0) is 38.1 Å². The van der Waals surface area contributed by atoms with Gasteiger partial charge in [-0.15, -0.1) is 0 Å². The molecule has 1 aliphatic heterocycles. The lowest BCUT2D eigenvalue weighted by Gasteiger charge is -2.25. The van der Waals surface area contributed by atoms with E-state index in [-0.39, 0.29) is 12.1 Å². The van der Waals surface area contributed by atoms with Gasteiger partial charge in [-0.1, -0.05) is 24.3 Å². The van der Waals surface area contributed by atoms with Crippen LogP contribution in [0.2, 0.25) is 0 Å². The van der Waals surface area contributed by atoms with Crippen molar-refractivity contribution in [3.63, 3.8) is 0 Å². The summed E-state index contributed by atoms with van der Waals surface area (Å²) >= 11 is 0. The molecular formula is C19H23FN4O. The van der Waals surface area contributed by atoms with E-state index in [1.165, 1.54) is 17.8 Å². The zero-order chi connectivity index (χ0) is 17.8. The van der Waals surface area contributed by atoms with Crippen LogP contribution in [-0.2, 0) is 6.54 Å². The Hall–Kier alpha value is -2.47. The number of carbonyl (C=O) groups excluding carboxylic acids is 1. The SMILES string of the molecule is CN(C)Cc1ccc(C2CCCN2C(=O)Nc2cncc(F)c2)cc1. The molecule has 0 saturated carbocycles. The Morgan fingerprint density at radius 1 is 1.32 bits per heavy atom. The van der Waals surface area contributed by atoms with Crippen molar-refractivity contribution >= 4 is 11.7 Å². The van der Waals surface area contributed by atoms with Gasteiger partial charge in [0.05, 0.1) is 24.1 Å². The van der Waals surface area contributed by atoms with Crippen LogP contribution in [0.5, 0.6) is 0 Å². The van der Waals surface area contributed by atoms with E-state index in [4.69, 9.17) is 0 Å². The standard InChI is InChI=1S/C19H23FN4O/c1-23(2)13-14-5-7-15(8-6-14)18-4-3-9-24(18)19(25)22-17-10-16(20)11-21-12-17/h5-8,10-12,18H,3-4,9,13H2,1-2H3,(H,22,25). The van der Waals surface area contributed by atoms with Crippen LogP contribution >= 0.6 is 0 Å². The number of rotatable bonds is 4. The number of nitrogens with zero attached hydrogens (tertiary/aromatic N) is 3. The van der Waals surface area contributed by atoms with Crippen LogP contribution in [0.3, 0.4) is 0 Å². The van der Waals surface area contributed by atoms with E-state index < -0.39 is 5.82 Å². The number of benzene rings is 1. The van der Waals surface area contributed by atoms with Gasteiger partial charge < -0.3 is 15.1 Å². The van der Waals surface area contributed by atoms with Crippen molar-refractivity contribution in [1.82, 2.24) is 14.8 Å². The zero-order valence-corrected chi connectivity index (χ0v) is 14.6. The average molecular weight is 342 g/mol. The summed E-state index contributed by atoms with van der Waals surface area (Å²) in [6.45, 7) is 1.58. The van der Waals surface area contributed by atoms with Crippen molar-refractivity contribution in [3.8, 4) is 0 Å². The van der Waals surface area contributed by atoms with Gasteiger partial charge in [-0.25, -0.2) is 9.18 Å². The largest absolute Gasteiger partial charge is 0.322 e. The van der Waals surface area contributed by atoms with Gasteiger partial charge in [0.15, 0.2) is 0 Å². The number of aromatic nitrogens is 1. The highest BCUT2D eigenvalue weighted by Crippen LogP contribution is 2.32. The first-order chi connectivity index (χ1) is 12.0. The van der Waals surface area contributed by atoms with E-state index in [0.29, 0.717) is 12.2 Å². The normalized spacial score (nSPS) is 17.1. The lowest BCUT2D eigenvalue weighted by Crippen LogP contribution is -2.34. The first-order valence-corrected chi connectivity index (χ1v) is 8.44. The Labute approximate surface area is 147 Å². The van der Waals surface area contributed by atoms with Crippen LogP contribution in [0.1, 0.15) is 30.0 Å². The van der Waals surface area contributed by atoms with E-state index >= 15 is 0 Å². The Bertz CT molecular complexity index is 732. The minimum absolute atomic E-state index is 0.0509. The maximum atomic E-state index is 13.2. The van der Waals surface area contributed by atoms with Crippen LogP contribution in [0.25, 0.3) is 0 Å². The number of nitrogens with one attached hydrogen (secondary N) is 1. The van der Waals surface area contributed by atoms with Crippen LogP contribution in [-0.4, -0.2) is 41.5 Å². The fourth-order valence-corrected chi connectivity index (χ4v) is 3.24. The number of pyridine rings is 1. The van der Waals surface area contributed by atoms with Gasteiger partial charge in [0.2, 0.25) is 0 Å². The molecule has 2 amide bonds. The molecule has 3 rings (SSSR count). The Balaban J connectivity index is 1.70. The topological polar surface area (TPSA) is 48.5 Å². The molecule has 1 aromatic carbocycles. The fourth-order valence-electron chi connectivity index (χ4n) is 3.24. The van der Waals surface area contributed by atoms with Gasteiger partial charge in [-0.3, -0.25) is 4.98 Å². The minimum atomic E-state index is -0.466. The third-order valence-electron chi connectivity index (χ3n) is 4.33. The van der Waals surface area contributed by atoms with Crippen LogP contribution in [0.15, 0.2) is 42.7 Å². The summed E-state index contributed by atoms with van der Waals surface area (Å²) in [6.07, 6.45) is 4.45. The summed E-state index contributed by atoms with van der Waals surface area (Å²) in [5.74, 6) is -0.466. The molecular weight excluding hydrogens is 319 g/mol. The summed E-state index contributed by atoms with van der Waals surface area (Å²) < 4.78 is 13.2. The number of urea groups is 1. The molecule has 0 radical (unpaired) electrons. The third kappa shape index (κ3) is 4.33. The Morgan fingerprint density at radius 2 is 2.08 bits per heavy atom. The number of anilines is 1. The molecule has 25 heavy (non-hydrogen) atoms. The number of halogens is 1. The van der Waals surface area contributed by atoms with Crippen molar-refractivity contribution < 1.29 is 9.18 Å². The minimum Gasteiger partial charge on any atom is -0.317 e. The summed E-state index contributed by atoms with van der Waals surface area (Å²) in [4.78, 5) is 20.3. The predicted molar refractivity (Wildman–Crippen MR) is 95.7 cm³/mol. The molecule has 2 aromatic rings. The highest BCUT2D eigenvalue weighted by molar-refractivity contribution is 5.89. The predicted octanol–water partition coefficient (Wildman–Crippen LogP) is 3.65. The van der Waals surface area contributed by atoms with Crippen LogP contribution in [0, 0.1) is 5.82 Å². The van der Waals surface area contributed by atoms with Crippen molar-refractivity contribution in [2.75, 3.05) is 26.0 Å². The van der Waals surface area contributed by atoms with Gasteiger partial charge in [-0.2, -0.15) is 0 Å². The quantitative estimate of drug-likeness (QED) is 0.923. The molecule has 132 valence electrons. The molecule has 1 unspecified atom stereocenters. The molecule has 0 aliphatic carbocycles. The maximum absolute atomic E-state index is 13.2. The highest BCUT2D eigenvalue weighted by atomic mass is 19.1. The van der Waals surface area contributed by atoms with Gasteiger partial charge in [0, 0.05) is 19.2 Å². The first kappa shape index (κ1) is 17.4. The lowest BCUT2D eigenvalue weighted by molar-refractivity contribution is 0.207. The lowest BCUT2D eigenvalue weighted by atomic mass is 10.0. The average Bonchev–Trinajstić information content (AvgIpc) is 3.05. The molecule has 6 heteroatoms.